The number of fused-ring (bicyclic) bond motifs is 1. The molecule has 1 saturated heterocycles. The number of nitrogens with one attached hydrogen (secondary N) is 1. The number of hydrogen-bond donors (Lipinski definition) is 1. The number of methoxy groups -OCH3 is 2. The van der Waals surface area contributed by atoms with Crippen molar-refractivity contribution in [3.63, 3.8) is 0 Å². The van der Waals surface area contributed by atoms with E-state index in [0.717, 1.165) is 23.3 Å². The van der Waals surface area contributed by atoms with Gasteiger partial charge in [0, 0.05) is 36.7 Å². The van der Waals surface area contributed by atoms with E-state index in [1.165, 1.54) is 18.8 Å². The number of carbonyl (C=O) groups is 1. The van der Waals surface area contributed by atoms with E-state index in [1.807, 2.05) is 32.0 Å². The highest BCUT2D eigenvalue weighted by Crippen LogP contribution is 2.32. The van der Waals surface area contributed by atoms with Gasteiger partial charge in [-0.3, -0.25) is 9.59 Å². The van der Waals surface area contributed by atoms with Crippen LogP contribution in [0.2, 0.25) is 0 Å². The SMILES string of the molecule is CCn1cc(C(=O)NCc2ccc(C)cc2OC2CCOC2)c2cc(OC)c(OC)cc2c1=O. The molecular formula is C26H30N2O6. The van der Waals surface area contributed by atoms with Crippen LogP contribution in [0.4, 0.5) is 0 Å². The van der Waals surface area contributed by atoms with Gasteiger partial charge in [0.15, 0.2) is 11.5 Å². The van der Waals surface area contributed by atoms with Crippen LogP contribution < -0.4 is 25.1 Å². The molecule has 3 aromatic rings. The van der Waals surface area contributed by atoms with Gasteiger partial charge in [-0.15, -0.1) is 0 Å². The highest BCUT2D eigenvalue weighted by atomic mass is 16.5. The molecule has 180 valence electrons. The Morgan fingerprint density at radius 3 is 2.50 bits per heavy atom. The van der Waals surface area contributed by atoms with E-state index < -0.39 is 0 Å². The van der Waals surface area contributed by atoms with Gasteiger partial charge in [0.25, 0.3) is 11.5 Å². The molecule has 8 heteroatoms. The van der Waals surface area contributed by atoms with Crippen molar-refractivity contribution in [2.75, 3.05) is 27.4 Å². The average molecular weight is 467 g/mol. The first-order chi connectivity index (χ1) is 16.4. The van der Waals surface area contributed by atoms with Crippen molar-refractivity contribution in [2.45, 2.75) is 39.5 Å². The largest absolute Gasteiger partial charge is 0.493 e. The van der Waals surface area contributed by atoms with Crippen LogP contribution in [0.5, 0.6) is 17.2 Å². The van der Waals surface area contributed by atoms with Gasteiger partial charge in [-0.2, -0.15) is 0 Å². The summed E-state index contributed by atoms with van der Waals surface area (Å²) < 4.78 is 23.9. The highest BCUT2D eigenvalue weighted by molar-refractivity contribution is 6.07. The molecule has 4 rings (SSSR count). The van der Waals surface area contributed by atoms with Crippen LogP contribution in [0, 0.1) is 6.92 Å². The van der Waals surface area contributed by atoms with Crippen molar-refractivity contribution in [1.82, 2.24) is 9.88 Å². The van der Waals surface area contributed by atoms with Crippen molar-refractivity contribution >= 4 is 16.7 Å². The number of ether oxygens (including phenoxy) is 4. The molecule has 0 saturated carbocycles. The zero-order chi connectivity index (χ0) is 24.2. The van der Waals surface area contributed by atoms with Crippen LogP contribution in [0.15, 0.2) is 41.3 Å². The summed E-state index contributed by atoms with van der Waals surface area (Å²) in [5, 5.41) is 3.90. The lowest BCUT2D eigenvalue weighted by molar-refractivity contribution is 0.0951. The number of hydrogen-bond acceptors (Lipinski definition) is 6. The first kappa shape index (κ1) is 23.6. The molecule has 2 aromatic carbocycles. The van der Waals surface area contributed by atoms with Crippen LogP contribution in [0.1, 0.15) is 34.8 Å². The summed E-state index contributed by atoms with van der Waals surface area (Å²) in [5.41, 5.74) is 2.14. The molecule has 1 atom stereocenters. The Morgan fingerprint density at radius 2 is 1.85 bits per heavy atom. The smallest absolute Gasteiger partial charge is 0.258 e. The molecular weight excluding hydrogens is 436 g/mol. The van der Waals surface area contributed by atoms with Gasteiger partial charge in [-0.25, -0.2) is 0 Å². The Morgan fingerprint density at radius 1 is 1.12 bits per heavy atom. The second kappa shape index (κ2) is 10.2. The first-order valence-corrected chi connectivity index (χ1v) is 11.4. The van der Waals surface area contributed by atoms with Crippen LogP contribution >= 0.6 is 0 Å². The summed E-state index contributed by atoms with van der Waals surface area (Å²) in [6.07, 6.45) is 2.44. The van der Waals surface area contributed by atoms with E-state index in [2.05, 4.69) is 5.32 Å². The third-order valence-corrected chi connectivity index (χ3v) is 6.02. The van der Waals surface area contributed by atoms with E-state index in [1.54, 1.807) is 18.3 Å². The second-order valence-corrected chi connectivity index (χ2v) is 8.28. The third-order valence-electron chi connectivity index (χ3n) is 6.02. The molecule has 34 heavy (non-hydrogen) atoms. The van der Waals surface area contributed by atoms with Gasteiger partial charge in [0.1, 0.15) is 11.9 Å². The monoisotopic (exact) mass is 466 g/mol. The Bertz CT molecular complexity index is 1260. The van der Waals surface area contributed by atoms with Crippen molar-refractivity contribution in [3.8, 4) is 17.2 Å². The zero-order valence-corrected chi connectivity index (χ0v) is 20.0. The number of benzene rings is 2. The van der Waals surface area contributed by atoms with Crippen molar-refractivity contribution in [1.29, 1.82) is 0 Å². The average Bonchev–Trinajstić information content (AvgIpc) is 3.36. The van der Waals surface area contributed by atoms with Crippen molar-refractivity contribution < 1.29 is 23.7 Å². The molecule has 1 unspecified atom stereocenters. The number of aryl methyl sites for hydroxylation is 2. The lowest BCUT2D eigenvalue weighted by atomic mass is 10.0. The molecule has 1 amide bonds. The number of nitrogens with zero attached hydrogens (tertiary/aromatic N) is 1. The van der Waals surface area contributed by atoms with Gasteiger partial charge >= 0.3 is 0 Å². The Labute approximate surface area is 198 Å². The first-order valence-electron chi connectivity index (χ1n) is 11.4. The number of pyridine rings is 1. The lowest BCUT2D eigenvalue weighted by Gasteiger charge is -2.17. The fraction of sp³-hybridized carbons (Fsp3) is 0.385. The predicted octanol–water partition coefficient (Wildman–Crippen LogP) is 3.44. The molecule has 8 nitrogen and oxygen atoms in total. The van der Waals surface area contributed by atoms with E-state index in [9.17, 15) is 9.59 Å². The molecule has 1 N–H and O–H groups in total. The van der Waals surface area contributed by atoms with Gasteiger partial charge < -0.3 is 28.8 Å². The summed E-state index contributed by atoms with van der Waals surface area (Å²) in [5.74, 6) is 1.33. The fourth-order valence-corrected chi connectivity index (χ4v) is 4.11. The molecule has 0 radical (unpaired) electrons. The minimum absolute atomic E-state index is 0.00995. The molecule has 2 heterocycles. The van der Waals surface area contributed by atoms with E-state index >= 15 is 0 Å². The Hall–Kier alpha value is -3.52. The maximum Gasteiger partial charge on any atom is 0.258 e. The lowest BCUT2D eigenvalue weighted by Crippen LogP contribution is -2.27. The second-order valence-electron chi connectivity index (χ2n) is 8.28. The molecule has 1 aliphatic heterocycles. The van der Waals surface area contributed by atoms with E-state index in [4.69, 9.17) is 18.9 Å². The van der Waals surface area contributed by atoms with Crippen LogP contribution in [-0.4, -0.2) is 44.0 Å². The summed E-state index contributed by atoms with van der Waals surface area (Å²) >= 11 is 0. The van der Waals surface area contributed by atoms with Gasteiger partial charge in [-0.1, -0.05) is 12.1 Å². The minimum atomic E-state index is -0.296. The quantitative estimate of drug-likeness (QED) is 0.547. The molecule has 1 aromatic heterocycles. The molecule has 0 aliphatic carbocycles. The van der Waals surface area contributed by atoms with Gasteiger partial charge in [0.2, 0.25) is 0 Å². The Balaban J connectivity index is 1.66. The fourth-order valence-electron chi connectivity index (χ4n) is 4.11. The van der Waals surface area contributed by atoms with Crippen LogP contribution in [-0.2, 0) is 17.8 Å². The Kier molecular flexibility index (Phi) is 7.07. The van der Waals surface area contributed by atoms with E-state index in [0.29, 0.717) is 47.6 Å². The zero-order valence-electron chi connectivity index (χ0n) is 20.0. The van der Waals surface area contributed by atoms with Crippen molar-refractivity contribution in [3.05, 3.63) is 63.6 Å². The topological polar surface area (TPSA) is 88.0 Å². The highest BCUT2D eigenvalue weighted by Gasteiger charge is 2.21. The summed E-state index contributed by atoms with van der Waals surface area (Å²) in [7, 11) is 3.03. The third kappa shape index (κ3) is 4.72. The summed E-state index contributed by atoms with van der Waals surface area (Å²) in [6.45, 7) is 5.83. The van der Waals surface area contributed by atoms with E-state index in [-0.39, 0.29) is 24.1 Å². The standard InChI is InChI=1S/C26H30N2O6/c1-5-28-14-21(19-11-23(31-3)24(32-4)12-20(19)26(28)30)25(29)27-13-17-7-6-16(2)10-22(17)34-18-8-9-33-15-18/h6-7,10-12,14,18H,5,8-9,13,15H2,1-4H3,(H,27,29). The number of amides is 1. The molecule has 0 spiro atoms. The van der Waals surface area contributed by atoms with Crippen LogP contribution in [0.25, 0.3) is 10.8 Å². The number of rotatable bonds is 8. The number of carbonyl (C=O) groups excluding carboxylic acids is 1. The molecule has 0 bridgehead atoms. The summed E-state index contributed by atoms with van der Waals surface area (Å²) in [4.78, 5) is 26.3. The maximum absolute atomic E-state index is 13.3. The van der Waals surface area contributed by atoms with Crippen molar-refractivity contribution in [2.24, 2.45) is 0 Å². The predicted molar refractivity (Wildman–Crippen MR) is 129 cm³/mol. The normalized spacial score (nSPS) is 15.4. The molecule has 1 aliphatic rings. The van der Waals surface area contributed by atoms with Gasteiger partial charge in [-0.05, 0) is 37.6 Å². The number of aromatic nitrogens is 1. The maximum atomic E-state index is 13.3. The summed E-state index contributed by atoms with van der Waals surface area (Å²) in [6, 6.07) is 9.21. The van der Waals surface area contributed by atoms with Gasteiger partial charge in [0.05, 0.1) is 38.4 Å². The molecule has 1 fully saturated rings. The minimum Gasteiger partial charge on any atom is -0.493 e. The van der Waals surface area contributed by atoms with Crippen LogP contribution in [0.3, 0.4) is 0 Å².